The first-order chi connectivity index (χ1) is 16.8. The molecule has 3 aromatic rings. The Labute approximate surface area is 213 Å². The number of nitriles is 1. The molecule has 0 amide bonds. The molecule has 1 aromatic heterocycles. The number of alkyl halides is 1. The molecule has 182 valence electrons. The normalized spacial score (nSPS) is 14.7. The van der Waals surface area contributed by atoms with Gasteiger partial charge in [0.15, 0.2) is 5.75 Å². The van der Waals surface area contributed by atoms with Gasteiger partial charge in [-0.3, -0.25) is 4.72 Å². The molecule has 0 aliphatic heterocycles. The third kappa shape index (κ3) is 6.14. The van der Waals surface area contributed by atoms with Crippen LogP contribution in [0.25, 0.3) is 0 Å². The zero-order chi connectivity index (χ0) is 25.0. The predicted octanol–water partition coefficient (Wildman–Crippen LogP) is 4.65. The van der Waals surface area contributed by atoms with Gasteiger partial charge in [0, 0.05) is 12.1 Å². The van der Waals surface area contributed by atoms with Gasteiger partial charge in [-0.15, -0.1) is 11.6 Å². The lowest BCUT2D eigenvalue weighted by Gasteiger charge is -2.17. The van der Waals surface area contributed by atoms with Crippen molar-refractivity contribution in [1.29, 1.82) is 5.26 Å². The molecule has 0 fully saturated rings. The molecule has 8 nitrogen and oxygen atoms in total. The predicted molar refractivity (Wildman–Crippen MR) is 134 cm³/mol. The number of halogens is 2. The quantitative estimate of drug-likeness (QED) is 0.399. The molecular weight excluding hydrogens is 511 g/mol. The number of hydrogen-bond acceptors (Lipinski definition) is 7. The number of nitrogens with one attached hydrogen (secondary N) is 1. The first-order valence-electron chi connectivity index (χ1n) is 10.7. The molecule has 35 heavy (non-hydrogen) atoms. The average Bonchev–Trinajstić information content (AvgIpc) is 3.24. The molecule has 2 aromatic carbocycles. The fraction of sp³-hybridized carbons (Fsp3) is 0.292. The molecule has 11 heteroatoms. The number of ether oxygens (including phenoxy) is 2. The summed E-state index contributed by atoms with van der Waals surface area (Å²) in [6.07, 6.45) is 4.29. The summed E-state index contributed by atoms with van der Waals surface area (Å²) in [5, 5.41) is 10.0. The topological polar surface area (TPSA) is 114 Å². The first kappa shape index (κ1) is 25.0. The van der Waals surface area contributed by atoms with Gasteiger partial charge in [-0.25, -0.2) is 18.4 Å². The largest absolute Gasteiger partial charge is 0.489 e. The number of aromatic nitrogens is 2. The van der Waals surface area contributed by atoms with Gasteiger partial charge in [0.2, 0.25) is 16.0 Å². The van der Waals surface area contributed by atoms with Crippen LogP contribution in [0.1, 0.15) is 40.3 Å². The summed E-state index contributed by atoms with van der Waals surface area (Å²) in [6, 6.07) is 13.4. The maximum atomic E-state index is 11.4. The van der Waals surface area contributed by atoms with E-state index in [1.807, 2.05) is 30.3 Å². The second-order valence-corrected chi connectivity index (χ2v) is 10.5. The number of rotatable bonds is 9. The molecule has 1 unspecified atom stereocenters. The molecule has 4 rings (SSSR count). The van der Waals surface area contributed by atoms with Crippen molar-refractivity contribution in [3.63, 3.8) is 0 Å². The van der Waals surface area contributed by atoms with Gasteiger partial charge in [-0.05, 0) is 59.9 Å². The van der Waals surface area contributed by atoms with E-state index in [1.165, 1.54) is 11.8 Å². The molecule has 1 aliphatic rings. The Balaban J connectivity index is 1.54. The Morgan fingerprint density at radius 1 is 1.23 bits per heavy atom. The van der Waals surface area contributed by atoms with Gasteiger partial charge in [-0.2, -0.15) is 5.26 Å². The van der Waals surface area contributed by atoms with Crippen LogP contribution in [0.15, 0.2) is 42.6 Å². The summed E-state index contributed by atoms with van der Waals surface area (Å²) in [7, 11) is -3.48. The van der Waals surface area contributed by atoms with Crippen LogP contribution in [-0.4, -0.2) is 37.1 Å². The van der Waals surface area contributed by atoms with Crippen molar-refractivity contribution in [2.24, 2.45) is 0 Å². The Morgan fingerprint density at radius 3 is 2.80 bits per heavy atom. The number of anilines is 1. The number of sulfonamides is 1. The first-order valence-corrected chi connectivity index (χ1v) is 13.6. The van der Waals surface area contributed by atoms with Gasteiger partial charge >= 0.3 is 0 Å². The van der Waals surface area contributed by atoms with Crippen molar-refractivity contribution in [1.82, 2.24) is 9.97 Å². The third-order valence-electron chi connectivity index (χ3n) is 5.48. The van der Waals surface area contributed by atoms with Gasteiger partial charge < -0.3 is 9.47 Å². The van der Waals surface area contributed by atoms with Crippen LogP contribution < -0.4 is 14.2 Å². The highest BCUT2D eigenvalue weighted by atomic mass is 35.5. The molecule has 0 spiro atoms. The minimum Gasteiger partial charge on any atom is -0.489 e. The minimum atomic E-state index is -3.48. The number of nitrogens with zero attached hydrogens (tertiary/aromatic N) is 3. The van der Waals surface area contributed by atoms with E-state index in [0.29, 0.717) is 33.7 Å². The fourth-order valence-corrected chi connectivity index (χ4v) is 4.84. The average molecular weight is 533 g/mol. The van der Waals surface area contributed by atoms with Crippen LogP contribution >= 0.6 is 23.2 Å². The van der Waals surface area contributed by atoms with Crippen LogP contribution in [0.3, 0.4) is 0 Å². The Hall–Kier alpha value is -3.06. The molecule has 0 bridgehead atoms. The molecule has 1 N–H and O–H groups in total. The van der Waals surface area contributed by atoms with E-state index >= 15 is 0 Å². The molecular formula is C24H22Cl2N4O4S. The highest BCUT2D eigenvalue weighted by Crippen LogP contribution is 2.42. The maximum absolute atomic E-state index is 11.4. The number of benzene rings is 2. The van der Waals surface area contributed by atoms with E-state index in [9.17, 15) is 13.7 Å². The van der Waals surface area contributed by atoms with Crippen LogP contribution in [0.4, 0.5) is 5.95 Å². The minimum absolute atomic E-state index is 0.00809. The van der Waals surface area contributed by atoms with Crippen LogP contribution in [-0.2, 0) is 23.1 Å². The van der Waals surface area contributed by atoms with E-state index in [2.05, 4.69) is 20.8 Å². The molecule has 0 radical (unpaired) electrons. The zero-order valence-corrected chi connectivity index (χ0v) is 21.1. The highest BCUT2D eigenvalue weighted by molar-refractivity contribution is 7.91. The van der Waals surface area contributed by atoms with E-state index < -0.39 is 10.0 Å². The summed E-state index contributed by atoms with van der Waals surface area (Å²) in [4.78, 5) is 8.08. The maximum Gasteiger partial charge on any atom is 0.236 e. The van der Waals surface area contributed by atoms with E-state index in [-0.39, 0.29) is 25.1 Å². The van der Waals surface area contributed by atoms with Crippen LogP contribution in [0.2, 0.25) is 5.02 Å². The Bertz CT molecular complexity index is 1390. The van der Waals surface area contributed by atoms with Gasteiger partial charge in [0.1, 0.15) is 25.0 Å². The second-order valence-electron chi connectivity index (χ2n) is 8.02. The SMILES string of the molecule is CS(=O)(=O)Nc1nccc(COc2ccc3c(c2)C(c2cc(Cl)c(OCCCl)c(C#N)c2)CC3)n1. The lowest BCUT2D eigenvalue weighted by atomic mass is 9.91. The smallest absolute Gasteiger partial charge is 0.236 e. The van der Waals surface area contributed by atoms with Crippen molar-refractivity contribution in [2.75, 3.05) is 23.5 Å². The van der Waals surface area contributed by atoms with Crippen molar-refractivity contribution in [3.05, 3.63) is 75.6 Å². The summed E-state index contributed by atoms with van der Waals surface area (Å²) in [5.41, 5.74) is 4.16. The molecule has 1 aliphatic carbocycles. The van der Waals surface area contributed by atoms with Crippen molar-refractivity contribution >= 4 is 39.2 Å². The second kappa shape index (κ2) is 10.7. The fourth-order valence-electron chi connectivity index (χ4n) is 4.05. The summed E-state index contributed by atoms with van der Waals surface area (Å²) in [6.45, 7) is 0.405. The standard InChI is InChI=1S/C24H22Cl2N4O4S/c1-35(31,32)30-24-28-8-6-18(29-24)14-34-19-4-2-15-3-5-20(21(15)12-19)16-10-17(13-27)23(22(26)11-16)33-9-7-25/h2,4,6,8,10-12,20H,3,5,7,9,14H2,1H3,(H,28,29,30). The summed E-state index contributed by atoms with van der Waals surface area (Å²) >= 11 is 12.2. The lowest BCUT2D eigenvalue weighted by Crippen LogP contribution is -2.13. The van der Waals surface area contributed by atoms with Crippen molar-refractivity contribution in [2.45, 2.75) is 25.4 Å². The van der Waals surface area contributed by atoms with Crippen LogP contribution in [0, 0.1) is 11.3 Å². The molecule has 1 atom stereocenters. The Morgan fingerprint density at radius 2 is 2.06 bits per heavy atom. The molecule has 0 saturated heterocycles. The monoisotopic (exact) mass is 532 g/mol. The molecule has 0 saturated carbocycles. The summed E-state index contributed by atoms with van der Waals surface area (Å²) in [5.74, 6) is 1.35. The number of hydrogen-bond donors (Lipinski definition) is 1. The summed E-state index contributed by atoms with van der Waals surface area (Å²) < 4.78 is 36.6. The molecule has 1 heterocycles. The van der Waals surface area contributed by atoms with E-state index in [0.717, 1.165) is 30.2 Å². The zero-order valence-electron chi connectivity index (χ0n) is 18.8. The van der Waals surface area contributed by atoms with Crippen molar-refractivity contribution in [3.8, 4) is 17.6 Å². The van der Waals surface area contributed by atoms with Crippen molar-refractivity contribution < 1.29 is 17.9 Å². The van der Waals surface area contributed by atoms with E-state index in [1.54, 1.807) is 6.07 Å². The highest BCUT2D eigenvalue weighted by Gasteiger charge is 2.26. The number of fused-ring (bicyclic) bond motifs is 1. The van der Waals surface area contributed by atoms with Gasteiger partial charge in [-0.1, -0.05) is 17.7 Å². The third-order valence-corrected chi connectivity index (χ3v) is 6.47. The lowest BCUT2D eigenvalue weighted by molar-refractivity contribution is 0.301. The Kier molecular flexibility index (Phi) is 7.65. The van der Waals surface area contributed by atoms with Gasteiger partial charge in [0.25, 0.3) is 0 Å². The van der Waals surface area contributed by atoms with Gasteiger partial charge in [0.05, 0.1) is 28.4 Å². The van der Waals surface area contributed by atoms with E-state index in [4.69, 9.17) is 32.7 Å². The van der Waals surface area contributed by atoms with Crippen LogP contribution in [0.5, 0.6) is 11.5 Å². The number of aryl methyl sites for hydroxylation is 1.